The van der Waals surface area contributed by atoms with Gasteiger partial charge in [0.1, 0.15) is 12.7 Å². The van der Waals surface area contributed by atoms with E-state index >= 15 is 0 Å². The van der Waals surface area contributed by atoms with Gasteiger partial charge in [-0.1, -0.05) is 66.2 Å². The van der Waals surface area contributed by atoms with E-state index < -0.39 is 6.10 Å². The number of rotatable bonds is 6. The zero-order chi connectivity index (χ0) is 17.6. The van der Waals surface area contributed by atoms with Crippen molar-refractivity contribution >= 4 is 11.6 Å². The summed E-state index contributed by atoms with van der Waals surface area (Å²) >= 11 is 6.18. The molecule has 0 heterocycles. The molecule has 128 valence electrons. The number of hydrogen-bond acceptors (Lipinski definition) is 3. The molecule has 3 rings (SSSR count). The largest absolute Gasteiger partial charge is 0.493 e. The van der Waals surface area contributed by atoms with Gasteiger partial charge in [0.05, 0.1) is 7.11 Å². The molecular formula is C21H19ClO3. The second-order valence-electron chi connectivity index (χ2n) is 5.61. The van der Waals surface area contributed by atoms with Crippen molar-refractivity contribution in [2.45, 2.75) is 12.7 Å². The van der Waals surface area contributed by atoms with E-state index in [1.165, 1.54) is 0 Å². The van der Waals surface area contributed by atoms with Gasteiger partial charge in [-0.05, 0) is 29.3 Å². The molecule has 0 saturated heterocycles. The van der Waals surface area contributed by atoms with E-state index in [2.05, 4.69) is 0 Å². The molecule has 3 aromatic rings. The lowest BCUT2D eigenvalue weighted by Gasteiger charge is -2.16. The maximum Gasteiger partial charge on any atom is 0.161 e. The second-order valence-corrected chi connectivity index (χ2v) is 6.02. The third kappa shape index (κ3) is 4.13. The number of hydrogen-bond donors (Lipinski definition) is 1. The van der Waals surface area contributed by atoms with Crippen molar-refractivity contribution in [2.24, 2.45) is 0 Å². The lowest BCUT2D eigenvalue weighted by atomic mass is 10.0. The van der Waals surface area contributed by atoms with Crippen LogP contribution in [-0.4, -0.2) is 12.2 Å². The van der Waals surface area contributed by atoms with Crippen LogP contribution in [0.25, 0.3) is 0 Å². The highest BCUT2D eigenvalue weighted by Crippen LogP contribution is 2.34. The summed E-state index contributed by atoms with van der Waals surface area (Å²) in [5.74, 6) is 1.20. The molecule has 4 heteroatoms. The Morgan fingerprint density at radius 2 is 1.64 bits per heavy atom. The van der Waals surface area contributed by atoms with E-state index in [1.54, 1.807) is 31.4 Å². The molecule has 1 unspecified atom stereocenters. The van der Waals surface area contributed by atoms with E-state index in [0.717, 1.165) is 5.56 Å². The zero-order valence-corrected chi connectivity index (χ0v) is 14.6. The van der Waals surface area contributed by atoms with Crippen molar-refractivity contribution < 1.29 is 14.6 Å². The minimum Gasteiger partial charge on any atom is -0.493 e. The molecule has 0 aliphatic carbocycles. The van der Waals surface area contributed by atoms with Gasteiger partial charge >= 0.3 is 0 Å². The van der Waals surface area contributed by atoms with Crippen molar-refractivity contribution in [3.05, 3.63) is 94.5 Å². The highest BCUT2D eigenvalue weighted by molar-refractivity contribution is 6.31. The molecule has 3 nitrogen and oxygen atoms in total. The van der Waals surface area contributed by atoms with E-state index in [-0.39, 0.29) is 0 Å². The molecule has 1 N–H and O–H groups in total. The van der Waals surface area contributed by atoms with Crippen LogP contribution in [0.2, 0.25) is 5.02 Å². The van der Waals surface area contributed by atoms with Crippen LogP contribution in [0.4, 0.5) is 0 Å². The third-order valence-corrected chi connectivity index (χ3v) is 4.28. The maximum absolute atomic E-state index is 10.6. The lowest BCUT2D eigenvalue weighted by Crippen LogP contribution is -2.03. The van der Waals surface area contributed by atoms with Crippen LogP contribution in [0.15, 0.2) is 72.8 Å². The number of aliphatic hydroxyl groups is 1. The summed E-state index contributed by atoms with van der Waals surface area (Å²) in [5.41, 5.74) is 2.42. The first-order valence-electron chi connectivity index (χ1n) is 7.96. The van der Waals surface area contributed by atoms with Gasteiger partial charge in [-0.3, -0.25) is 0 Å². The molecule has 0 amide bonds. The number of benzene rings is 3. The van der Waals surface area contributed by atoms with Crippen molar-refractivity contribution in [1.82, 2.24) is 0 Å². The Labute approximate surface area is 152 Å². The Hall–Kier alpha value is -2.49. The standard InChI is InChI=1S/C21H19ClO3/c1-24-20-13-16(21(23)17-9-5-6-10-18(17)22)11-12-19(20)25-14-15-7-3-2-4-8-15/h2-13,21,23H,14H2,1H3. The van der Waals surface area contributed by atoms with Crippen LogP contribution in [0.1, 0.15) is 22.8 Å². The monoisotopic (exact) mass is 354 g/mol. The quantitative estimate of drug-likeness (QED) is 0.676. The number of ether oxygens (including phenoxy) is 2. The first-order chi connectivity index (χ1) is 12.2. The SMILES string of the molecule is COc1cc(C(O)c2ccccc2Cl)ccc1OCc1ccccc1. The summed E-state index contributed by atoms with van der Waals surface area (Å²) < 4.78 is 11.3. The first kappa shape index (κ1) is 17.3. The third-order valence-electron chi connectivity index (χ3n) is 3.94. The van der Waals surface area contributed by atoms with Crippen molar-refractivity contribution in [3.63, 3.8) is 0 Å². The Balaban J connectivity index is 1.81. The predicted octanol–water partition coefficient (Wildman–Crippen LogP) is 5.01. The van der Waals surface area contributed by atoms with Gasteiger partial charge in [-0.2, -0.15) is 0 Å². The molecule has 0 bridgehead atoms. The summed E-state index contributed by atoms with van der Waals surface area (Å²) in [7, 11) is 1.58. The summed E-state index contributed by atoms with van der Waals surface area (Å²) in [6.45, 7) is 0.448. The van der Waals surface area contributed by atoms with Gasteiger partial charge < -0.3 is 14.6 Å². The minimum absolute atomic E-state index is 0.448. The van der Waals surface area contributed by atoms with E-state index in [9.17, 15) is 5.11 Å². The maximum atomic E-state index is 10.6. The molecule has 3 aromatic carbocycles. The Kier molecular flexibility index (Phi) is 5.59. The van der Waals surface area contributed by atoms with E-state index in [0.29, 0.717) is 34.3 Å². The minimum atomic E-state index is -0.828. The van der Waals surface area contributed by atoms with Gasteiger partial charge in [0.25, 0.3) is 0 Å². The van der Waals surface area contributed by atoms with Crippen LogP contribution in [0.5, 0.6) is 11.5 Å². The van der Waals surface area contributed by atoms with Crippen LogP contribution in [0.3, 0.4) is 0 Å². The first-order valence-corrected chi connectivity index (χ1v) is 8.34. The van der Waals surface area contributed by atoms with E-state index in [4.69, 9.17) is 21.1 Å². The topological polar surface area (TPSA) is 38.7 Å². The molecule has 0 aliphatic heterocycles. The molecule has 0 fully saturated rings. The van der Waals surface area contributed by atoms with Crippen LogP contribution in [0, 0.1) is 0 Å². The molecule has 0 aromatic heterocycles. The molecule has 0 radical (unpaired) electrons. The molecule has 0 saturated carbocycles. The summed E-state index contributed by atoms with van der Waals surface area (Å²) in [4.78, 5) is 0. The Bertz CT molecular complexity index is 834. The Morgan fingerprint density at radius 1 is 0.920 bits per heavy atom. The fourth-order valence-electron chi connectivity index (χ4n) is 2.59. The number of halogens is 1. The average molecular weight is 355 g/mol. The summed E-state index contributed by atoms with van der Waals surface area (Å²) in [5, 5.41) is 11.1. The summed E-state index contributed by atoms with van der Waals surface area (Å²) in [6, 6.07) is 22.5. The van der Waals surface area contributed by atoms with Crippen molar-refractivity contribution in [3.8, 4) is 11.5 Å². The molecule has 0 spiro atoms. The highest BCUT2D eigenvalue weighted by Gasteiger charge is 2.16. The van der Waals surface area contributed by atoms with Crippen LogP contribution >= 0.6 is 11.6 Å². The van der Waals surface area contributed by atoms with Crippen molar-refractivity contribution in [2.75, 3.05) is 7.11 Å². The number of aliphatic hydroxyl groups excluding tert-OH is 1. The fourth-order valence-corrected chi connectivity index (χ4v) is 2.82. The lowest BCUT2D eigenvalue weighted by molar-refractivity contribution is 0.219. The molecule has 25 heavy (non-hydrogen) atoms. The van der Waals surface area contributed by atoms with Gasteiger partial charge in [-0.15, -0.1) is 0 Å². The van der Waals surface area contributed by atoms with Gasteiger partial charge in [0.15, 0.2) is 11.5 Å². The fraction of sp³-hybridized carbons (Fsp3) is 0.143. The Morgan fingerprint density at radius 3 is 2.36 bits per heavy atom. The molecular weight excluding hydrogens is 336 g/mol. The normalized spacial score (nSPS) is 11.8. The zero-order valence-electron chi connectivity index (χ0n) is 13.9. The second kappa shape index (κ2) is 8.06. The van der Waals surface area contributed by atoms with Gasteiger partial charge in [-0.25, -0.2) is 0 Å². The molecule has 0 aliphatic rings. The molecule has 1 atom stereocenters. The van der Waals surface area contributed by atoms with Crippen LogP contribution < -0.4 is 9.47 Å². The average Bonchev–Trinajstić information content (AvgIpc) is 2.67. The number of methoxy groups -OCH3 is 1. The highest BCUT2D eigenvalue weighted by atomic mass is 35.5. The van der Waals surface area contributed by atoms with E-state index in [1.807, 2.05) is 48.5 Å². The predicted molar refractivity (Wildman–Crippen MR) is 99.3 cm³/mol. The smallest absolute Gasteiger partial charge is 0.161 e. The van der Waals surface area contributed by atoms with Gasteiger partial charge in [0, 0.05) is 10.6 Å². The van der Waals surface area contributed by atoms with Crippen molar-refractivity contribution in [1.29, 1.82) is 0 Å². The van der Waals surface area contributed by atoms with Crippen LogP contribution in [-0.2, 0) is 6.61 Å². The van der Waals surface area contributed by atoms with Gasteiger partial charge in [0.2, 0.25) is 0 Å². The summed E-state index contributed by atoms with van der Waals surface area (Å²) in [6.07, 6.45) is -0.828.